The predicted molar refractivity (Wildman–Crippen MR) is 60.6 cm³/mol. The number of aromatic nitrogens is 1. The Kier molecular flexibility index (Phi) is 4.06. The molecular formula is C11H19N3O2. The summed E-state index contributed by atoms with van der Waals surface area (Å²) in [6.45, 7) is 6.02. The fourth-order valence-electron chi connectivity index (χ4n) is 1.21. The van der Waals surface area contributed by atoms with Gasteiger partial charge in [-0.15, -0.1) is 0 Å². The van der Waals surface area contributed by atoms with Crippen molar-refractivity contribution in [3.05, 3.63) is 17.5 Å². The summed E-state index contributed by atoms with van der Waals surface area (Å²) >= 11 is 0. The molecule has 0 aromatic carbocycles. The standard InChI is InChI=1S/C11H19N3O2/c1-8-6-9(16-14-8)7-13-10(15)4-5-11(2,3)12/h6H,4-5,7,12H2,1-3H3,(H,13,15). The summed E-state index contributed by atoms with van der Waals surface area (Å²) in [7, 11) is 0. The number of amides is 1. The molecule has 0 spiro atoms. The SMILES string of the molecule is Cc1cc(CNC(=O)CCC(C)(C)N)on1. The van der Waals surface area contributed by atoms with E-state index in [1.54, 1.807) is 6.07 Å². The molecule has 1 aromatic heterocycles. The highest BCUT2D eigenvalue weighted by atomic mass is 16.5. The molecule has 0 aliphatic heterocycles. The van der Waals surface area contributed by atoms with Gasteiger partial charge >= 0.3 is 0 Å². The Balaban J connectivity index is 2.25. The van der Waals surface area contributed by atoms with Crippen LogP contribution in [0.4, 0.5) is 0 Å². The van der Waals surface area contributed by atoms with E-state index in [2.05, 4.69) is 10.5 Å². The first-order chi connectivity index (χ1) is 7.37. The predicted octanol–water partition coefficient (Wildman–Crippen LogP) is 1.12. The van der Waals surface area contributed by atoms with Gasteiger partial charge < -0.3 is 15.6 Å². The first kappa shape index (κ1) is 12.7. The quantitative estimate of drug-likeness (QED) is 0.786. The number of aryl methyl sites for hydroxylation is 1. The van der Waals surface area contributed by atoms with Crippen molar-refractivity contribution < 1.29 is 9.32 Å². The van der Waals surface area contributed by atoms with Gasteiger partial charge in [-0.2, -0.15) is 0 Å². The molecule has 0 aliphatic carbocycles. The van der Waals surface area contributed by atoms with Crippen molar-refractivity contribution in [2.45, 2.75) is 45.7 Å². The van der Waals surface area contributed by atoms with Crippen LogP contribution in [0.15, 0.2) is 10.6 Å². The van der Waals surface area contributed by atoms with Crippen molar-refractivity contribution in [1.29, 1.82) is 0 Å². The minimum atomic E-state index is -0.305. The zero-order valence-corrected chi connectivity index (χ0v) is 10.0. The molecule has 0 bridgehead atoms. The minimum Gasteiger partial charge on any atom is -0.359 e. The average molecular weight is 225 g/mol. The topological polar surface area (TPSA) is 81.2 Å². The highest BCUT2D eigenvalue weighted by Crippen LogP contribution is 2.07. The Morgan fingerprint density at radius 3 is 2.81 bits per heavy atom. The number of hydrogen-bond donors (Lipinski definition) is 2. The van der Waals surface area contributed by atoms with Crippen LogP contribution in [0.3, 0.4) is 0 Å². The lowest BCUT2D eigenvalue weighted by Gasteiger charge is -2.17. The first-order valence-corrected chi connectivity index (χ1v) is 5.34. The Hall–Kier alpha value is -1.36. The fourth-order valence-corrected chi connectivity index (χ4v) is 1.21. The van der Waals surface area contributed by atoms with Crippen molar-refractivity contribution in [2.75, 3.05) is 0 Å². The third-order valence-corrected chi connectivity index (χ3v) is 2.13. The second-order valence-corrected chi connectivity index (χ2v) is 4.70. The van der Waals surface area contributed by atoms with Crippen LogP contribution in [0.5, 0.6) is 0 Å². The molecule has 0 saturated heterocycles. The number of nitrogens with zero attached hydrogens (tertiary/aromatic N) is 1. The number of rotatable bonds is 5. The lowest BCUT2D eigenvalue weighted by molar-refractivity contribution is -0.121. The maximum Gasteiger partial charge on any atom is 0.220 e. The maximum atomic E-state index is 11.4. The summed E-state index contributed by atoms with van der Waals surface area (Å²) in [5.74, 6) is 0.644. The Bertz CT molecular complexity index is 352. The van der Waals surface area contributed by atoms with E-state index < -0.39 is 0 Å². The second-order valence-electron chi connectivity index (χ2n) is 4.70. The van der Waals surface area contributed by atoms with Gasteiger partial charge in [-0.25, -0.2) is 0 Å². The maximum absolute atomic E-state index is 11.4. The molecule has 1 amide bonds. The molecule has 0 saturated carbocycles. The molecule has 5 nitrogen and oxygen atoms in total. The van der Waals surface area contributed by atoms with E-state index in [1.807, 2.05) is 20.8 Å². The van der Waals surface area contributed by atoms with Crippen LogP contribution < -0.4 is 11.1 Å². The van der Waals surface area contributed by atoms with E-state index in [4.69, 9.17) is 10.3 Å². The van der Waals surface area contributed by atoms with E-state index in [1.165, 1.54) is 0 Å². The van der Waals surface area contributed by atoms with Gasteiger partial charge in [-0.1, -0.05) is 5.16 Å². The molecule has 16 heavy (non-hydrogen) atoms. The van der Waals surface area contributed by atoms with E-state index in [9.17, 15) is 4.79 Å². The van der Waals surface area contributed by atoms with Crippen molar-refractivity contribution >= 4 is 5.91 Å². The van der Waals surface area contributed by atoms with Crippen molar-refractivity contribution in [2.24, 2.45) is 5.73 Å². The van der Waals surface area contributed by atoms with Crippen LogP contribution in [-0.4, -0.2) is 16.6 Å². The van der Waals surface area contributed by atoms with E-state index in [0.29, 0.717) is 25.1 Å². The Labute approximate surface area is 95.4 Å². The molecule has 0 radical (unpaired) electrons. The molecule has 3 N–H and O–H groups in total. The van der Waals surface area contributed by atoms with Crippen LogP contribution >= 0.6 is 0 Å². The summed E-state index contributed by atoms with van der Waals surface area (Å²) in [4.78, 5) is 11.4. The molecule has 0 atom stereocenters. The molecular weight excluding hydrogens is 206 g/mol. The first-order valence-electron chi connectivity index (χ1n) is 5.34. The molecule has 5 heteroatoms. The van der Waals surface area contributed by atoms with Gasteiger partial charge in [-0.05, 0) is 27.2 Å². The molecule has 1 heterocycles. The summed E-state index contributed by atoms with van der Waals surface area (Å²) in [5.41, 5.74) is 6.29. The number of carbonyl (C=O) groups is 1. The number of hydrogen-bond acceptors (Lipinski definition) is 4. The van der Waals surface area contributed by atoms with E-state index >= 15 is 0 Å². The lowest BCUT2D eigenvalue weighted by Crippen LogP contribution is -2.34. The third-order valence-electron chi connectivity index (χ3n) is 2.13. The third kappa shape index (κ3) is 4.93. The fraction of sp³-hybridized carbons (Fsp3) is 0.636. The van der Waals surface area contributed by atoms with Gasteiger partial charge in [0.25, 0.3) is 0 Å². The number of nitrogens with one attached hydrogen (secondary N) is 1. The summed E-state index contributed by atoms with van der Waals surface area (Å²) in [5, 5.41) is 6.49. The molecule has 1 rings (SSSR count). The van der Waals surface area contributed by atoms with Crippen LogP contribution in [-0.2, 0) is 11.3 Å². The summed E-state index contributed by atoms with van der Waals surface area (Å²) in [6.07, 6.45) is 1.09. The minimum absolute atomic E-state index is 0.0208. The van der Waals surface area contributed by atoms with Crippen LogP contribution in [0.25, 0.3) is 0 Å². The highest BCUT2D eigenvalue weighted by molar-refractivity contribution is 5.75. The Morgan fingerprint density at radius 1 is 1.62 bits per heavy atom. The molecule has 0 unspecified atom stereocenters. The van der Waals surface area contributed by atoms with E-state index in [-0.39, 0.29) is 11.4 Å². The average Bonchev–Trinajstić information content (AvgIpc) is 2.57. The van der Waals surface area contributed by atoms with Crippen LogP contribution in [0.1, 0.15) is 38.1 Å². The summed E-state index contributed by atoms with van der Waals surface area (Å²) < 4.78 is 4.97. The normalized spacial score (nSPS) is 11.5. The van der Waals surface area contributed by atoms with Gasteiger partial charge in [0.05, 0.1) is 12.2 Å². The van der Waals surface area contributed by atoms with Crippen LogP contribution in [0.2, 0.25) is 0 Å². The van der Waals surface area contributed by atoms with Crippen molar-refractivity contribution in [1.82, 2.24) is 10.5 Å². The molecule has 0 fully saturated rings. The van der Waals surface area contributed by atoms with Gasteiger partial charge in [0.1, 0.15) is 0 Å². The zero-order chi connectivity index (χ0) is 12.2. The molecule has 0 aliphatic rings. The Morgan fingerprint density at radius 2 is 2.31 bits per heavy atom. The van der Waals surface area contributed by atoms with Crippen LogP contribution in [0, 0.1) is 6.92 Å². The van der Waals surface area contributed by atoms with E-state index in [0.717, 1.165) is 5.69 Å². The highest BCUT2D eigenvalue weighted by Gasteiger charge is 2.13. The van der Waals surface area contributed by atoms with Crippen molar-refractivity contribution in [3.8, 4) is 0 Å². The molecule has 90 valence electrons. The zero-order valence-electron chi connectivity index (χ0n) is 10.0. The second kappa shape index (κ2) is 5.12. The number of nitrogens with two attached hydrogens (primary N) is 1. The van der Waals surface area contributed by atoms with Gasteiger partial charge in [0.15, 0.2) is 5.76 Å². The van der Waals surface area contributed by atoms with Gasteiger partial charge in [-0.3, -0.25) is 4.79 Å². The van der Waals surface area contributed by atoms with Crippen molar-refractivity contribution in [3.63, 3.8) is 0 Å². The molecule has 1 aromatic rings. The van der Waals surface area contributed by atoms with Gasteiger partial charge in [0.2, 0.25) is 5.91 Å². The largest absolute Gasteiger partial charge is 0.359 e. The van der Waals surface area contributed by atoms with Gasteiger partial charge in [0, 0.05) is 18.0 Å². The lowest BCUT2D eigenvalue weighted by atomic mass is 10.00. The smallest absolute Gasteiger partial charge is 0.220 e. The summed E-state index contributed by atoms with van der Waals surface area (Å²) in [6, 6.07) is 1.80. The monoisotopic (exact) mass is 225 g/mol. The number of carbonyl (C=O) groups excluding carboxylic acids is 1.